The fourth-order valence-electron chi connectivity index (χ4n) is 1.84. The Balaban J connectivity index is 0.00000220. The Hall–Kier alpha value is -1.42. The Morgan fingerprint density at radius 2 is 1.52 bits per heavy atom. The van der Waals surface area contributed by atoms with Crippen LogP contribution in [0.3, 0.4) is 0 Å². The number of likely N-dealkylation sites (N-methyl/N-ethyl adjacent to an activating group) is 1. The number of benzene rings is 2. The summed E-state index contributed by atoms with van der Waals surface area (Å²) in [5.74, 6) is 0. The summed E-state index contributed by atoms with van der Waals surface area (Å²) in [6.07, 6.45) is 2.04. The van der Waals surface area contributed by atoms with E-state index in [2.05, 4.69) is 4.90 Å². The van der Waals surface area contributed by atoms with Gasteiger partial charge in [-0.15, -0.1) is 12.4 Å². The minimum absolute atomic E-state index is 0. The molecule has 0 N–H and O–H groups in total. The minimum atomic E-state index is -1.15. The SMILES string of the molecule is CN(C)CC=C(c1ccccc1)S(=O)c1ccccc1.Cl. The molecule has 0 aliphatic heterocycles. The molecule has 0 radical (unpaired) electrons. The lowest BCUT2D eigenvalue weighted by Crippen LogP contribution is -2.11. The van der Waals surface area contributed by atoms with E-state index in [-0.39, 0.29) is 12.4 Å². The van der Waals surface area contributed by atoms with Gasteiger partial charge in [0.05, 0.1) is 10.8 Å². The molecule has 0 saturated carbocycles. The van der Waals surface area contributed by atoms with Crippen LogP contribution in [0.4, 0.5) is 0 Å². The summed E-state index contributed by atoms with van der Waals surface area (Å²) in [4.78, 5) is 3.76. The molecule has 0 aliphatic rings. The Morgan fingerprint density at radius 3 is 2.05 bits per heavy atom. The van der Waals surface area contributed by atoms with Gasteiger partial charge >= 0.3 is 0 Å². The molecule has 0 aliphatic carbocycles. The van der Waals surface area contributed by atoms with Gasteiger partial charge in [-0.2, -0.15) is 0 Å². The van der Waals surface area contributed by atoms with Crippen molar-refractivity contribution in [2.75, 3.05) is 20.6 Å². The maximum Gasteiger partial charge on any atom is 0.0852 e. The van der Waals surface area contributed by atoms with E-state index in [9.17, 15) is 4.21 Å². The molecular formula is C17H20ClNOS. The van der Waals surface area contributed by atoms with Gasteiger partial charge < -0.3 is 4.90 Å². The van der Waals surface area contributed by atoms with E-state index in [4.69, 9.17) is 0 Å². The molecule has 2 nitrogen and oxygen atoms in total. The zero-order chi connectivity index (χ0) is 14.4. The van der Waals surface area contributed by atoms with Crippen molar-refractivity contribution in [3.05, 3.63) is 72.3 Å². The van der Waals surface area contributed by atoms with Crippen LogP contribution in [-0.4, -0.2) is 29.7 Å². The van der Waals surface area contributed by atoms with E-state index in [0.29, 0.717) is 0 Å². The molecule has 0 heterocycles. The van der Waals surface area contributed by atoms with Crippen molar-refractivity contribution in [1.29, 1.82) is 0 Å². The van der Waals surface area contributed by atoms with Crippen LogP contribution in [0.25, 0.3) is 4.91 Å². The summed E-state index contributed by atoms with van der Waals surface area (Å²) in [5.41, 5.74) is 1.01. The van der Waals surface area contributed by atoms with Gasteiger partial charge in [0.2, 0.25) is 0 Å². The van der Waals surface area contributed by atoms with E-state index in [1.807, 2.05) is 80.8 Å². The first-order valence-electron chi connectivity index (χ1n) is 6.55. The maximum absolute atomic E-state index is 12.8. The summed E-state index contributed by atoms with van der Waals surface area (Å²) < 4.78 is 12.8. The Morgan fingerprint density at radius 1 is 1.00 bits per heavy atom. The summed E-state index contributed by atoms with van der Waals surface area (Å²) in [7, 11) is 2.85. The van der Waals surface area contributed by atoms with Crippen LogP contribution in [0, 0.1) is 0 Å². The van der Waals surface area contributed by atoms with Crippen molar-refractivity contribution in [2.24, 2.45) is 0 Å². The molecule has 0 fully saturated rings. The zero-order valence-corrected chi connectivity index (χ0v) is 13.9. The van der Waals surface area contributed by atoms with E-state index in [1.165, 1.54) is 0 Å². The molecule has 4 heteroatoms. The molecule has 0 saturated heterocycles. The van der Waals surface area contributed by atoms with Crippen LogP contribution in [0.2, 0.25) is 0 Å². The number of nitrogens with zero attached hydrogens (tertiary/aromatic N) is 1. The van der Waals surface area contributed by atoms with E-state index in [1.54, 1.807) is 0 Å². The van der Waals surface area contributed by atoms with E-state index >= 15 is 0 Å². The van der Waals surface area contributed by atoms with Crippen LogP contribution >= 0.6 is 12.4 Å². The lowest BCUT2D eigenvalue weighted by Gasteiger charge is -2.11. The van der Waals surface area contributed by atoms with Crippen LogP contribution in [-0.2, 0) is 10.8 Å². The Kier molecular flexibility index (Phi) is 7.37. The molecule has 2 aromatic rings. The van der Waals surface area contributed by atoms with Gasteiger partial charge in [0.25, 0.3) is 0 Å². The van der Waals surface area contributed by atoms with Crippen LogP contribution in [0.5, 0.6) is 0 Å². The number of hydrogen-bond acceptors (Lipinski definition) is 2. The quantitative estimate of drug-likeness (QED) is 0.834. The second-order valence-electron chi connectivity index (χ2n) is 4.78. The highest BCUT2D eigenvalue weighted by molar-refractivity contribution is 7.94. The largest absolute Gasteiger partial charge is 0.306 e. The molecule has 0 aromatic heterocycles. The zero-order valence-electron chi connectivity index (χ0n) is 12.2. The molecule has 21 heavy (non-hydrogen) atoms. The summed E-state index contributed by atoms with van der Waals surface area (Å²) in [5, 5.41) is 0. The predicted molar refractivity (Wildman–Crippen MR) is 93.1 cm³/mol. The number of halogens is 1. The van der Waals surface area contributed by atoms with Gasteiger partial charge in [-0.25, -0.2) is 4.21 Å². The molecule has 1 unspecified atom stereocenters. The molecular weight excluding hydrogens is 302 g/mol. The average Bonchev–Trinajstić information content (AvgIpc) is 2.49. The highest BCUT2D eigenvalue weighted by Crippen LogP contribution is 2.23. The molecule has 1 atom stereocenters. The third kappa shape index (κ3) is 5.12. The number of rotatable bonds is 5. The monoisotopic (exact) mass is 321 g/mol. The molecule has 2 aromatic carbocycles. The lowest BCUT2D eigenvalue weighted by molar-refractivity contribution is 0.457. The van der Waals surface area contributed by atoms with Gasteiger partial charge in [0, 0.05) is 16.3 Å². The van der Waals surface area contributed by atoms with Crippen molar-refractivity contribution in [3.8, 4) is 0 Å². The lowest BCUT2D eigenvalue weighted by atomic mass is 10.2. The van der Waals surface area contributed by atoms with Gasteiger partial charge in [-0.3, -0.25) is 0 Å². The topological polar surface area (TPSA) is 20.3 Å². The molecule has 0 spiro atoms. The second kappa shape index (κ2) is 8.78. The first kappa shape index (κ1) is 17.6. The van der Waals surface area contributed by atoms with Crippen LogP contribution < -0.4 is 0 Å². The maximum atomic E-state index is 12.8. The van der Waals surface area contributed by atoms with Crippen LogP contribution in [0.1, 0.15) is 5.56 Å². The van der Waals surface area contributed by atoms with Gasteiger partial charge in [0.1, 0.15) is 0 Å². The van der Waals surface area contributed by atoms with E-state index < -0.39 is 10.8 Å². The highest BCUT2D eigenvalue weighted by Gasteiger charge is 2.12. The molecule has 112 valence electrons. The van der Waals surface area contributed by atoms with Gasteiger partial charge in [0.15, 0.2) is 0 Å². The fourth-order valence-corrected chi connectivity index (χ4v) is 3.07. The third-order valence-electron chi connectivity index (χ3n) is 2.86. The standard InChI is InChI=1S/C17H19NOS.ClH/c1-18(2)14-13-17(15-9-5-3-6-10-15)20(19)16-11-7-4-8-12-16;/h3-13H,14H2,1-2H3;1H. The number of hydrogen-bond donors (Lipinski definition) is 0. The van der Waals surface area contributed by atoms with Crippen molar-refractivity contribution in [2.45, 2.75) is 4.90 Å². The molecule has 2 rings (SSSR count). The fraction of sp³-hybridized carbons (Fsp3) is 0.176. The average molecular weight is 322 g/mol. The second-order valence-corrected chi connectivity index (χ2v) is 6.23. The van der Waals surface area contributed by atoms with Crippen molar-refractivity contribution >= 4 is 28.1 Å². The smallest absolute Gasteiger partial charge is 0.0852 e. The Bertz CT molecular complexity index is 597. The Labute approximate surface area is 135 Å². The normalized spacial score (nSPS) is 12.8. The highest BCUT2D eigenvalue weighted by atomic mass is 35.5. The van der Waals surface area contributed by atoms with Gasteiger partial charge in [-0.1, -0.05) is 54.6 Å². The van der Waals surface area contributed by atoms with Gasteiger partial charge in [-0.05, 0) is 31.8 Å². The first-order valence-corrected chi connectivity index (χ1v) is 7.70. The van der Waals surface area contributed by atoms with Crippen LogP contribution in [0.15, 0.2) is 71.6 Å². The third-order valence-corrected chi connectivity index (χ3v) is 4.36. The minimum Gasteiger partial charge on any atom is -0.306 e. The van der Waals surface area contributed by atoms with Crippen molar-refractivity contribution in [3.63, 3.8) is 0 Å². The molecule has 0 bridgehead atoms. The molecule has 0 amide bonds. The summed E-state index contributed by atoms with van der Waals surface area (Å²) in [6, 6.07) is 19.5. The predicted octanol–water partition coefficient (Wildman–Crippen LogP) is 3.82. The first-order chi connectivity index (χ1) is 9.68. The summed E-state index contributed by atoms with van der Waals surface area (Å²) >= 11 is 0. The summed E-state index contributed by atoms with van der Waals surface area (Å²) in [6.45, 7) is 0.767. The van der Waals surface area contributed by atoms with Crippen molar-refractivity contribution < 1.29 is 4.21 Å². The van der Waals surface area contributed by atoms with E-state index in [0.717, 1.165) is 21.9 Å². The van der Waals surface area contributed by atoms with Crippen molar-refractivity contribution in [1.82, 2.24) is 4.90 Å².